The predicted octanol–water partition coefficient (Wildman–Crippen LogP) is 4.78. The number of nitrogens with zero attached hydrogens (tertiary/aromatic N) is 1. The largest absolute Gasteiger partial charge is 0.483 e. The van der Waals surface area contributed by atoms with Crippen LogP contribution in [0.4, 0.5) is 0 Å². The quantitative estimate of drug-likeness (QED) is 0.622. The standard InChI is InChI=1S/C24H31ClN2O3/c1-16(2)21-8-6-7-9-22(21)30-15-23(28)27(18(5)24(29)26-17(3)4)14-19-10-12-20(25)13-11-19/h6-13,16-18H,14-15H2,1-5H3,(H,26,29). The molecule has 1 unspecified atom stereocenters. The summed E-state index contributed by atoms with van der Waals surface area (Å²) in [7, 11) is 0. The van der Waals surface area contributed by atoms with Gasteiger partial charge in [0.1, 0.15) is 11.8 Å². The molecule has 0 fully saturated rings. The molecule has 30 heavy (non-hydrogen) atoms. The zero-order chi connectivity index (χ0) is 22.3. The van der Waals surface area contributed by atoms with Gasteiger partial charge in [-0.05, 0) is 56.0 Å². The van der Waals surface area contributed by atoms with Crippen molar-refractivity contribution in [3.05, 3.63) is 64.7 Å². The van der Waals surface area contributed by atoms with E-state index in [1.54, 1.807) is 24.0 Å². The zero-order valence-corrected chi connectivity index (χ0v) is 19.1. The maximum absolute atomic E-state index is 13.1. The van der Waals surface area contributed by atoms with Crippen molar-refractivity contribution >= 4 is 23.4 Å². The molecule has 6 heteroatoms. The van der Waals surface area contributed by atoms with E-state index in [0.717, 1.165) is 11.1 Å². The number of amides is 2. The number of ether oxygens (including phenoxy) is 1. The van der Waals surface area contributed by atoms with Gasteiger partial charge in [-0.1, -0.05) is 55.8 Å². The summed E-state index contributed by atoms with van der Waals surface area (Å²) in [6.07, 6.45) is 0. The van der Waals surface area contributed by atoms with Gasteiger partial charge in [0, 0.05) is 17.6 Å². The number of nitrogens with one attached hydrogen (secondary N) is 1. The third-order valence-corrected chi connectivity index (χ3v) is 5.01. The number of carbonyl (C=O) groups is 2. The first-order valence-electron chi connectivity index (χ1n) is 10.2. The molecule has 0 aliphatic heterocycles. The number of hydrogen-bond donors (Lipinski definition) is 1. The minimum Gasteiger partial charge on any atom is -0.483 e. The van der Waals surface area contributed by atoms with Gasteiger partial charge in [-0.15, -0.1) is 0 Å². The minimum absolute atomic E-state index is 0.0124. The van der Waals surface area contributed by atoms with E-state index in [9.17, 15) is 9.59 Å². The van der Waals surface area contributed by atoms with Crippen molar-refractivity contribution in [3.63, 3.8) is 0 Å². The summed E-state index contributed by atoms with van der Waals surface area (Å²) in [5.74, 6) is 0.508. The monoisotopic (exact) mass is 430 g/mol. The van der Waals surface area contributed by atoms with Crippen LogP contribution < -0.4 is 10.1 Å². The average molecular weight is 431 g/mol. The molecule has 2 aromatic rings. The average Bonchev–Trinajstić information content (AvgIpc) is 2.70. The molecule has 0 spiro atoms. The first-order chi connectivity index (χ1) is 14.2. The first-order valence-corrected chi connectivity index (χ1v) is 10.6. The molecular weight excluding hydrogens is 400 g/mol. The van der Waals surface area contributed by atoms with Crippen molar-refractivity contribution < 1.29 is 14.3 Å². The van der Waals surface area contributed by atoms with Crippen LogP contribution in [0.3, 0.4) is 0 Å². The number of para-hydroxylation sites is 1. The molecule has 0 aliphatic carbocycles. The smallest absolute Gasteiger partial charge is 0.261 e. The van der Waals surface area contributed by atoms with Crippen LogP contribution in [-0.4, -0.2) is 35.4 Å². The van der Waals surface area contributed by atoms with E-state index in [1.165, 1.54) is 0 Å². The molecule has 2 amide bonds. The lowest BCUT2D eigenvalue weighted by atomic mass is 10.0. The summed E-state index contributed by atoms with van der Waals surface area (Å²) >= 11 is 5.97. The Hall–Kier alpha value is -2.53. The fourth-order valence-corrected chi connectivity index (χ4v) is 3.21. The third-order valence-electron chi connectivity index (χ3n) is 4.76. The lowest BCUT2D eigenvalue weighted by Gasteiger charge is -2.29. The molecule has 162 valence electrons. The highest BCUT2D eigenvalue weighted by Gasteiger charge is 2.27. The normalized spacial score (nSPS) is 12.0. The van der Waals surface area contributed by atoms with Gasteiger partial charge < -0.3 is 15.0 Å². The molecule has 0 aromatic heterocycles. The third kappa shape index (κ3) is 6.77. The van der Waals surface area contributed by atoms with Gasteiger partial charge in [-0.3, -0.25) is 9.59 Å². The van der Waals surface area contributed by atoms with E-state index >= 15 is 0 Å². The van der Waals surface area contributed by atoms with E-state index < -0.39 is 6.04 Å². The van der Waals surface area contributed by atoms with Gasteiger partial charge in [-0.25, -0.2) is 0 Å². The molecule has 0 aliphatic rings. The number of halogens is 1. The van der Waals surface area contributed by atoms with Gasteiger partial charge in [0.25, 0.3) is 5.91 Å². The van der Waals surface area contributed by atoms with Crippen molar-refractivity contribution in [2.45, 2.75) is 59.2 Å². The fraction of sp³-hybridized carbons (Fsp3) is 0.417. The summed E-state index contributed by atoms with van der Waals surface area (Å²) < 4.78 is 5.87. The molecule has 0 saturated carbocycles. The summed E-state index contributed by atoms with van der Waals surface area (Å²) in [6.45, 7) is 9.82. The van der Waals surface area contributed by atoms with Crippen molar-refractivity contribution in [2.24, 2.45) is 0 Å². The highest BCUT2D eigenvalue weighted by atomic mass is 35.5. The maximum atomic E-state index is 13.1. The molecule has 0 heterocycles. The number of benzene rings is 2. The topological polar surface area (TPSA) is 58.6 Å². The summed E-state index contributed by atoms with van der Waals surface area (Å²) in [4.78, 5) is 27.2. The highest BCUT2D eigenvalue weighted by molar-refractivity contribution is 6.30. The van der Waals surface area contributed by atoms with Crippen LogP contribution in [0.2, 0.25) is 5.02 Å². The minimum atomic E-state index is -0.639. The summed E-state index contributed by atoms with van der Waals surface area (Å²) in [5.41, 5.74) is 1.93. The Kier molecular flexibility index (Phi) is 8.72. The van der Waals surface area contributed by atoms with E-state index in [2.05, 4.69) is 19.2 Å². The number of hydrogen-bond acceptors (Lipinski definition) is 3. The molecule has 0 saturated heterocycles. The second-order valence-corrected chi connectivity index (χ2v) is 8.41. The Labute approximate surface area is 184 Å². The first kappa shape index (κ1) is 23.7. The van der Waals surface area contributed by atoms with Crippen LogP contribution >= 0.6 is 11.6 Å². The molecule has 5 nitrogen and oxygen atoms in total. The van der Waals surface area contributed by atoms with Crippen LogP contribution in [0.5, 0.6) is 5.75 Å². The van der Waals surface area contributed by atoms with Crippen molar-refractivity contribution in [1.82, 2.24) is 10.2 Å². The Morgan fingerprint density at radius 3 is 2.23 bits per heavy atom. The Balaban J connectivity index is 2.19. The van der Waals surface area contributed by atoms with E-state index in [-0.39, 0.29) is 36.9 Å². The molecule has 0 radical (unpaired) electrons. The SMILES string of the molecule is CC(C)NC(=O)C(C)N(Cc1ccc(Cl)cc1)C(=O)COc1ccccc1C(C)C. The van der Waals surface area contributed by atoms with Crippen molar-refractivity contribution in [2.75, 3.05) is 6.61 Å². The predicted molar refractivity (Wildman–Crippen MR) is 121 cm³/mol. The van der Waals surface area contributed by atoms with Crippen LogP contribution in [0.25, 0.3) is 0 Å². The highest BCUT2D eigenvalue weighted by Crippen LogP contribution is 2.26. The molecule has 1 atom stereocenters. The second kappa shape index (κ2) is 11.0. The van der Waals surface area contributed by atoms with E-state index in [4.69, 9.17) is 16.3 Å². The molecule has 2 aromatic carbocycles. The summed E-state index contributed by atoms with van der Waals surface area (Å²) in [5, 5.41) is 3.50. The second-order valence-electron chi connectivity index (χ2n) is 7.97. The van der Waals surface area contributed by atoms with Gasteiger partial charge in [0.05, 0.1) is 0 Å². The van der Waals surface area contributed by atoms with Gasteiger partial charge in [-0.2, -0.15) is 0 Å². The van der Waals surface area contributed by atoms with Crippen molar-refractivity contribution in [3.8, 4) is 5.75 Å². The molecule has 2 rings (SSSR count). The fourth-order valence-electron chi connectivity index (χ4n) is 3.09. The van der Waals surface area contributed by atoms with Gasteiger partial charge >= 0.3 is 0 Å². The van der Waals surface area contributed by atoms with Gasteiger partial charge in [0.2, 0.25) is 5.91 Å². The Morgan fingerprint density at radius 1 is 1.00 bits per heavy atom. The molecule has 0 bridgehead atoms. The van der Waals surface area contributed by atoms with Crippen LogP contribution in [-0.2, 0) is 16.1 Å². The number of carbonyl (C=O) groups excluding carboxylic acids is 2. The zero-order valence-electron chi connectivity index (χ0n) is 18.3. The maximum Gasteiger partial charge on any atom is 0.261 e. The lowest BCUT2D eigenvalue weighted by molar-refractivity contribution is -0.142. The summed E-state index contributed by atoms with van der Waals surface area (Å²) in [6, 6.07) is 14.3. The van der Waals surface area contributed by atoms with E-state index in [1.807, 2.05) is 50.2 Å². The molecule has 1 N–H and O–H groups in total. The molecular formula is C24H31ClN2O3. The Bertz CT molecular complexity index is 850. The lowest BCUT2D eigenvalue weighted by Crippen LogP contribution is -2.50. The number of rotatable bonds is 9. The van der Waals surface area contributed by atoms with Crippen LogP contribution in [0.1, 0.15) is 51.7 Å². The Morgan fingerprint density at radius 2 is 1.63 bits per heavy atom. The van der Waals surface area contributed by atoms with Gasteiger partial charge in [0.15, 0.2) is 6.61 Å². The van der Waals surface area contributed by atoms with E-state index in [0.29, 0.717) is 10.8 Å². The van der Waals surface area contributed by atoms with Crippen LogP contribution in [0, 0.1) is 0 Å². The van der Waals surface area contributed by atoms with Crippen LogP contribution in [0.15, 0.2) is 48.5 Å². The van der Waals surface area contributed by atoms with Crippen molar-refractivity contribution in [1.29, 1.82) is 0 Å².